The molecule has 0 saturated heterocycles. The van der Waals surface area contributed by atoms with Gasteiger partial charge in [0.1, 0.15) is 5.84 Å². The van der Waals surface area contributed by atoms with Crippen molar-refractivity contribution in [1.82, 2.24) is 0 Å². The lowest BCUT2D eigenvalue weighted by Gasteiger charge is -2.16. The highest BCUT2D eigenvalue weighted by atomic mass is 35.5. The molecule has 1 fully saturated rings. The zero-order chi connectivity index (χ0) is 13.6. The smallest absolute Gasteiger partial charge is 0.409 e. The summed E-state index contributed by atoms with van der Waals surface area (Å²) in [4.78, 5) is 0. The Kier molecular flexibility index (Phi) is 2.93. The maximum absolute atomic E-state index is 12.5. The van der Waals surface area contributed by atoms with Crippen molar-refractivity contribution in [3.8, 4) is 0 Å². The first-order valence-electron chi connectivity index (χ1n) is 5.16. The van der Waals surface area contributed by atoms with Crippen LogP contribution in [0.5, 0.6) is 0 Å². The van der Waals surface area contributed by atoms with E-state index in [1.807, 2.05) is 0 Å². The van der Waals surface area contributed by atoms with Gasteiger partial charge in [0, 0.05) is 0 Å². The number of hydrogen-bond acceptors (Lipinski definition) is 2. The van der Waals surface area contributed by atoms with Gasteiger partial charge in [-0.3, -0.25) is 0 Å². The van der Waals surface area contributed by atoms with Crippen LogP contribution in [0.3, 0.4) is 0 Å². The van der Waals surface area contributed by atoms with Crippen LogP contribution in [0.4, 0.5) is 13.2 Å². The average Bonchev–Trinajstić information content (AvgIpc) is 3.07. The van der Waals surface area contributed by atoms with Gasteiger partial charge in [0.2, 0.25) is 0 Å². The minimum Gasteiger partial charge on any atom is -0.409 e. The van der Waals surface area contributed by atoms with Crippen LogP contribution in [0.2, 0.25) is 5.02 Å². The monoisotopic (exact) mass is 278 g/mol. The normalized spacial score (nSPS) is 18.8. The van der Waals surface area contributed by atoms with E-state index in [0.29, 0.717) is 18.4 Å². The van der Waals surface area contributed by atoms with Crippen molar-refractivity contribution in [3.63, 3.8) is 0 Å². The van der Waals surface area contributed by atoms with Crippen molar-refractivity contribution in [2.45, 2.75) is 24.4 Å². The molecular formula is C11H10ClF3N2O. The third kappa shape index (κ3) is 2.01. The van der Waals surface area contributed by atoms with Crippen LogP contribution < -0.4 is 5.73 Å². The molecule has 0 unspecified atom stereocenters. The van der Waals surface area contributed by atoms with E-state index in [1.54, 1.807) is 0 Å². The van der Waals surface area contributed by atoms with Crippen LogP contribution in [-0.2, 0) is 11.6 Å². The van der Waals surface area contributed by atoms with Crippen molar-refractivity contribution >= 4 is 17.4 Å². The van der Waals surface area contributed by atoms with Crippen LogP contribution >= 0.6 is 11.6 Å². The fourth-order valence-electron chi connectivity index (χ4n) is 1.96. The molecule has 1 aromatic rings. The number of halogens is 4. The fraction of sp³-hybridized carbons (Fsp3) is 0.364. The molecule has 0 heterocycles. The Morgan fingerprint density at radius 3 is 2.39 bits per heavy atom. The Morgan fingerprint density at radius 1 is 1.39 bits per heavy atom. The Labute approximate surface area is 106 Å². The van der Waals surface area contributed by atoms with E-state index in [4.69, 9.17) is 22.5 Å². The molecular weight excluding hydrogens is 269 g/mol. The zero-order valence-electron chi connectivity index (χ0n) is 9.13. The predicted octanol–water partition coefficient (Wildman–Crippen LogP) is 3.14. The molecule has 0 bridgehead atoms. The summed E-state index contributed by atoms with van der Waals surface area (Å²) in [5.74, 6) is -0.00155. The second-order valence-corrected chi connectivity index (χ2v) is 4.67. The molecule has 2 rings (SSSR count). The van der Waals surface area contributed by atoms with Crippen molar-refractivity contribution in [2.75, 3.05) is 0 Å². The number of nitrogens with two attached hydrogens (primary N) is 1. The quantitative estimate of drug-likeness (QED) is 0.378. The van der Waals surface area contributed by atoms with Crippen molar-refractivity contribution < 1.29 is 18.4 Å². The second kappa shape index (κ2) is 4.05. The van der Waals surface area contributed by atoms with Crippen molar-refractivity contribution in [1.29, 1.82) is 0 Å². The number of rotatable bonds is 2. The summed E-state index contributed by atoms with van der Waals surface area (Å²) in [6.45, 7) is 0. The maximum Gasteiger partial charge on any atom is 0.417 e. The Morgan fingerprint density at radius 2 is 2.00 bits per heavy atom. The molecule has 0 aromatic heterocycles. The Bertz CT molecular complexity index is 510. The molecule has 1 aliphatic rings. The molecule has 1 aromatic carbocycles. The van der Waals surface area contributed by atoms with Gasteiger partial charge in [-0.15, -0.1) is 0 Å². The number of alkyl halides is 3. The van der Waals surface area contributed by atoms with E-state index in [0.717, 1.165) is 6.07 Å². The molecule has 0 aliphatic heterocycles. The minimum absolute atomic E-state index is 0.00155. The largest absolute Gasteiger partial charge is 0.417 e. The molecule has 3 N–H and O–H groups in total. The average molecular weight is 279 g/mol. The van der Waals surface area contributed by atoms with Gasteiger partial charge in [-0.2, -0.15) is 13.2 Å². The van der Waals surface area contributed by atoms with Gasteiger partial charge in [-0.25, -0.2) is 0 Å². The van der Waals surface area contributed by atoms with E-state index >= 15 is 0 Å². The summed E-state index contributed by atoms with van der Waals surface area (Å²) in [7, 11) is 0. The topological polar surface area (TPSA) is 58.6 Å². The van der Waals surface area contributed by atoms with Crippen LogP contribution in [0.1, 0.15) is 24.0 Å². The molecule has 0 amide bonds. The molecule has 18 heavy (non-hydrogen) atoms. The number of amidine groups is 1. The van der Waals surface area contributed by atoms with Gasteiger partial charge in [0.05, 0.1) is 16.0 Å². The molecule has 1 saturated carbocycles. The minimum atomic E-state index is -4.48. The highest BCUT2D eigenvalue weighted by molar-refractivity contribution is 6.31. The van der Waals surface area contributed by atoms with Crippen molar-refractivity contribution in [3.05, 3.63) is 34.3 Å². The highest BCUT2D eigenvalue weighted by Gasteiger charge is 2.49. The summed E-state index contributed by atoms with van der Waals surface area (Å²) in [6.07, 6.45) is -3.22. The standard InChI is InChI=1S/C11H10ClF3N2O/c12-8-5-6(1-2-7(8)11(13,14)15)10(3-4-10)9(16)17-18/h1-2,5,18H,3-4H2,(H2,16,17). The number of benzene rings is 1. The summed E-state index contributed by atoms with van der Waals surface area (Å²) in [6, 6.07) is 3.47. The van der Waals surface area contributed by atoms with Gasteiger partial charge in [-0.1, -0.05) is 22.8 Å². The molecule has 0 spiro atoms. The van der Waals surface area contributed by atoms with E-state index in [-0.39, 0.29) is 10.9 Å². The first kappa shape index (κ1) is 13.0. The van der Waals surface area contributed by atoms with Crippen LogP contribution in [-0.4, -0.2) is 11.0 Å². The zero-order valence-corrected chi connectivity index (χ0v) is 9.89. The lowest BCUT2D eigenvalue weighted by Crippen LogP contribution is -2.29. The third-order valence-electron chi connectivity index (χ3n) is 3.18. The number of nitrogens with zero attached hydrogens (tertiary/aromatic N) is 1. The summed E-state index contributed by atoms with van der Waals surface area (Å²) < 4.78 is 37.6. The van der Waals surface area contributed by atoms with Crippen LogP contribution in [0.15, 0.2) is 23.4 Å². The van der Waals surface area contributed by atoms with Crippen LogP contribution in [0.25, 0.3) is 0 Å². The summed E-state index contributed by atoms with van der Waals surface area (Å²) in [5.41, 5.74) is 4.54. The fourth-order valence-corrected chi connectivity index (χ4v) is 2.24. The van der Waals surface area contributed by atoms with Gasteiger partial charge in [-0.05, 0) is 30.5 Å². The Hall–Kier alpha value is -1.43. The summed E-state index contributed by atoms with van der Waals surface area (Å²) >= 11 is 5.63. The number of hydrogen-bond donors (Lipinski definition) is 2. The molecule has 7 heteroatoms. The van der Waals surface area contributed by atoms with Gasteiger partial charge in [0.25, 0.3) is 0 Å². The van der Waals surface area contributed by atoms with Gasteiger partial charge in [0.15, 0.2) is 0 Å². The molecule has 0 radical (unpaired) electrons. The van der Waals surface area contributed by atoms with E-state index in [9.17, 15) is 13.2 Å². The second-order valence-electron chi connectivity index (χ2n) is 4.26. The molecule has 0 atom stereocenters. The number of oxime groups is 1. The van der Waals surface area contributed by atoms with Gasteiger partial charge >= 0.3 is 6.18 Å². The predicted molar refractivity (Wildman–Crippen MR) is 60.8 cm³/mol. The lowest BCUT2D eigenvalue weighted by atomic mass is 9.94. The lowest BCUT2D eigenvalue weighted by molar-refractivity contribution is -0.137. The Balaban J connectivity index is 2.42. The SMILES string of the molecule is N/C(=N\O)C1(c2ccc(C(F)(F)F)c(Cl)c2)CC1. The first-order chi connectivity index (χ1) is 8.31. The first-order valence-corrected chi connectivity index (χ1v) is 5.54. The van der Waals surface area contributed by atoms with Crippen molar-refractivity contribution in [2.24, 2.45) is 10.9 Å². The molecule has 1 aliphatic carbocycles. The van der Waals surface area contributed by atoms with Crippen LogP contribution in [0, 0.1) is 0 Å². The van der Waals surface area contributed by atoms with E-state index in [2.05, 4.69) is 5.16 Å². The third-order valence-corrected chi connectivity index (χ3v) is 3.49. The highest BCUT2D eigenvalue weighted by Crippen LogP contribution is 2.49. The van der Waals surface area contributed by atoms with E-state index < -0.39 is 17.2 Å². The molecule has 98 valence electrons. The van der Waals surface area contributed by atoms with Gasteiger partial charge < -0.3 is 10.9 Å². The summed E-state index contributed by atoms with van der Waals surface area (Å²) in [5, 5.41) is 11.2. The van der Waals surface area contributed by atoms with E-state index in [1.165, 1.54) is 12.1 Å². The maximum atomic E-state index is 12.5. The molecule has 3 nitrogen and oxygen atoms in total.